The second-order valence-electron chi connectivity index (χ2n) is 6.52. The molecule has 4 aromatic rings. The molecule has 0 saturated heterocycles. The van der Waals surface area contributed by atoms with Crippen molar-refractivity contribution in [1.82, 2.24) is 14.8 Å². The Bertz CT molecular complexity index is 1160. The Morgan fingerprint density at radius 3 is 2.40 bits per heavy atom. The minimum atomic E-state index is -0.274. The number of hydrogen-bond acceptors (Lipinski definition) is 5. The summed E-state index contributed by atoms with van der Waals surface area (Å²) in [4.78, 5) is 17.6. The SMILES string of the molecule is COc1ccc(-c2nc(NCc3ccccc3Cl)n(C(=O)c3ccccc3)n2)cc1. The van der Waals surface area contributed by atoms with Gasteiger partial charge in [-0.25, -0.2) is 0 Å². The lowest BCUT2D eigenvalue weighted by molar-refractivity contribution is 0.0947. The van der Waals surface area contributed by atoms with E-state index in [1.54, 1.807) is 19.2 Å². The van der Waals surface area contributed by atoms with Gasteiger partial charge in [0.1, 0.15) is 5.75 Å². The van der Waals surface area contributed by atoms with E-state index in [-0.39, 0.29) is 5.91 Å². The van der Waals surface area contributed by atoms with Crippen molar-refractivity contribution in [2.24, 2.45) is 0 Å². The first-order chi connectivity index (χ1) is 14.7. The zero-order valence-corrected chi connectivity index (χ0v) is 17.0. The number of aromatic nitrogens is 3. The van der Waals surface area contributed by atoms with Crippen LogP contribution in [0.1, 0.15) is 15.9 Å². The van der Waals surface area contributed by atoms with Gasteiger partial charge in [-0.05, 0) is 48.0 Å². The van der Waals surface area contributed by atoms with Crippen molar-refractivity contribution in [3.05, 3.63) is 95.0 Å². The van der Waals surface area contributed by atoms with Gasteiger partial charge in [-0.2, -0.15) is 9.67 Å². The number of halogens is 1. The van der Waals surface area contributed by atoms with Crippen LogP contribution >= 0.6 is 11.6 Å². The highest BCUT2D eigenvalue weighted by molar-refractivity contribution is 6.31. The monoisotopic (exact) mass is 418 g/mol. The molecule has 0 bridgehead atoms. The van der Waals surface area contributed by atoms with E-state index >= 15 is 0 Å². The molecule has 150 valence electrons. The van der Waals surface area contributed by atoms with Crippen molar-refractivity contribution in [2.45, 2.75) is 6.54 Å². The lowest BCUT2D eigenvalue weighted by Gasteiger charge is -2.08. The fraction of sp³-hybridized carbons (Fsp3) is 0.0870. The van der Waals surface area contributed by atoms with Gasteiger partial charge in [0.2, 0.25) is 5.95 Å². The maximum Gasteiger partial charge on any atom is 0.281 e. The molecule has 1 heterocycles. The van der Waals surface area contributed by atoms with E-state index in [0.717, 1.165) is 16.9 Å². The van der Waals surface area contributed by atoms with Crippen molar-refractivity contribution in [3.63, 3.8) is 0 Å². The number of ether oxygens (including phenoxy) is 1. The van der Waals surface area contributed by atoms with Crippen molar-refractivity contribution >= 4 is 23.5 Å². The Balaban J connectivity index is 1.69. The fourth-order valence-electron chi connectivity index (χ4n) is 2.95. The number of rotatable bonds is 6. The highest BCUT2D eigenvalue weighted by atomic mass is 35.5. The molecule has 3 aromatic carbocycles. The number of nitrogens with zero attached hydrogens (tertiary/aromatic N) is 3. The Morgan fingerprint density at radius 1 is 1.00 bits per heavy atom. The summed E-state index contributed by atoms with van der Waals surface area (Å²) in [5.41, 5.74) is 2.19. The summed E-state index contributed by atoms with van der Waals surface area (Å²) in [5.74, 6) is 1.23. The van der Waals surface area contributed by atoms with Gasteiger partial charge in [0.15, 0.2) is 5.82 Å². The number of carbonyl (C=O) groups is 1. The Morgan fingerprint density at radius 2 is 1.70 bits per heavy atom. The van der Waals surface area contributed by atoms with Crippen LogP contribution in [0.3, 0.4) is 0 Å². The quantitative estimate of drug-likeness (QED) is 0.482. The first-order valence-corrected chi connectivity index (χ1v) is 9.72. The van der Waals surface area contributed by atoms with E-state index in [2.05, 4.69) is 15.4 Å². The molecule has 0 radical (unpaired) electrons. The average molecular weight is 419 g/mol. The predicted octanol–water partition coefficient (Wildman–Crippen LogP) is 4.91. The maximum atomic E-state index is 13.1. The summed E-state index contributed by atoms with van der Waals surface area (Å²) in [6.45, 7) is 0.405. The summed E-state index contributed by atoms with van der Waals surface area (Å²) < 4.78 is 6.49. The molecule has 0 aliphatic rings. The highest BCUT2D eigenvalue weighted by Gasteiger charge is 2.19. The molecule has 0 unspecified atom stereocenters. The molecule has 0 saturated carbocycles. The maximum absolute atomic E-state index is 13.1. The van der Waals surface area contributed by atoms with Crippen molar-refractivity contribution in [3.8, 4) is 17.1 Å². The van der Waals surface area contributed by atoms with Crippen LogP contribution in [0.4, 0.5) is 5.95 Å². The van der Waals surface area contributed by atoms with E-state index < -0.39 is 0 Å². The first kappa shape index (κ1) is 19.7. The zero-order valence-electron chi connectivity index (χ0n) is 16.2. The normalized spacial score (nSPS) is 10.6. The van der Waals surface area contributed by atoms with Gasteiger partial charge >= 0.3 is 0 Å². The van der Waals surface area contributed by atoms with E-state index in [9.17, 15) is 4.79 Å². The average Bonchev–Trinajstić information content (AvgIpc) is 3.23. The number of nitrogens with one attached hydrogen (secondary N) is 1. The summed E-state index contributed by atoms with van der Waals surface area (Å²) >= 11 is 6.26. The largest absolute Gasteiger partial charge is 0.497 e. The van der Waals surface area contributed by atoms with Crippen molar-refractivity contribution in [2.75, 3.05) is 12.4 Å². The van der Waals surface area contributed by atoms with E-state index in [0.29, 0.717) is 28.9 Å². The Hall–Kier alpha value is -3.64. The number of hydrogen-bond donors (Lipinski definition) is 1. The number of carbonyl (C=O) groups excluding carboxylic acids is 1. The molecule has 0 fully saturated rings. The third-order valence-electron chi connectivity index (χ3n) is 4.56. The molecule has 6 nitrogen and oxygen atoms in total. The standard InChI is InChI=1S/C23H19ClN4O2/c1-30-19-13-11-16(12-14-19)21-26-23(25-15-18-9-5-6-10-20(18)24)28(27-21)22(29)17-7-3-2-4-8-17/h2-14H,15H2,1H3,(H,25,26,27). The van der Waals surface area contributed by atoms with Crippen LogP contribution in [0, 0.1) is 0 Å². The van der Waals surface area contributed by atoms with Gasteiger partial charge in [0, 0.05) is 22.7 Å². The van der Waals surface area contributed by atoms with Crippen LogP contribution in [0.2, 0.25) is 5.02 Å². The second-order valence-corrected chi connectivity index (χ2v) is 6.92. The first-order valence-electron chi connectivity index (χ1n) is 9.34. The van der Waals surface area contributed by atoms with Gasteiger partial charge in [0.05, 0.1) is 7.11 Å². The molecule has 7 heteroatoms. The Labute approximate surface area is 179 Å². The lowest BCUT2D eigenvalue weighted by atomic mass is 10.2. The van der Waals surface area contributed by atoms with Gasteiger partial charge in [-0.3, -0.25) is 4.79 Å². The number of methoxy groups -OCH3 is 1. The molecular weight excluding hydrogens is 400 g/mol. The number of benzene rings is 3. The fourth-order valence-corrected chi connectivity index (χ4v) is 3.15. The van der Waals surface area contributed by atoms with Crippen LogP contribution < -0.4 is 10.1 Å². The van der Waals surface area contributed by atoms with Gasteiger partial charge in [0.25, 0.3) is 5.91 Å². The summed E-state index contributed by atoms with van der Waals surface area (Å²) in [6, 6.07) is 23.8. The van der Waals surface area contributed by atoms with Crippen LogP contribution in [-0.2, 0) is 6.54 Å². The zero-order chi connectivity index (χ0) is 20.9. The molecule has 0 amide bonds. The Kier molecular flexibility index (Phi) is 5.77. The lowest BCUT2D eigenvalue weighted by Crippen LogP contribution is -2.17. The minimum Gasteiger partial charge on any atom is -0.497 e. The van der Waals surface area contributed by atoms with Gasteiger partial charge in [-0.15, -0.1) is 5.10 Å². The topological polar surface area (TPSA) is 69.0 Å². The van der Waals surface area contributed by atoms with Crippen LogP contribution in [0.25, 0.3) is 11.4 Å². The van der Waals surface area contributed by atoms with E-state index in [1.165, 1.54) is 4.68 Å². The van der Waals surface area contributed by atoms with Crippen LogP contribution in [-0.4, -0.2) is 27.8 Å². The number of anilines is 1. The third-order valence-corrected chi connectivity index (χ3v) is 4.93. The molecule has 1 N–H and O–H groups in total. The summed E-state index contributed by atoms with van der Waals surface area (Å²) in [6.07, 6.45) is 0. The van der Waals surface area contributed by atoms with Crippen molar-refractivity contribution < 1.29 is 9.53 Å². The molecular formula is C23H19ClN4O2. The molecule has 0 aliphatic carbocycles. The molecule has 0 aliphatic heterocycles. The minimum absolute atomic E-state index is 0.274. The van der Waals surface area contributed by atoms with Crippen LogP contribution in [0.15, 0.2) is 78.9 Å². The van der Waals surface area contributed by atoms with Gasteiger partial charge in [-0.1, -0.05) is 48.0 Å². The second kappa shape index (κ2) is 8.80. The smallest absolute Gasteiger partial charge is 0.281 e. The van der Waals surface area contributed by atoms with Gasteiger partial charge < -0.3 is 10.1 Å². The molecule has 0 spiro atoms. The molecule has 30 heavy (non-hydrogen) atoms. The molecule has 4 rings (SSSR count). The highest BCUT2D eigenvalue weighted by Crippen LogP contribution is 2.23. The van der Waals surface area contributed by atoms with Crippen molar-refractivity contribution in [1.29, 1.82) is 0 Å². The third kappa shape index (κ3) is 4.18. The predicted molar refractivity (Wildman–Crippen MR) is 117 cm³/mol. The van der Waals surface area contributed by atoms with Crippen LogP contribution in [0.5, 0.6) is 5.75 Å². The van der Waals surface area contributed by atoms with E-state index in [4.69, 9.17) is 16.3 Å². The summed E-state index contributed by atoms with van der Waals surface area (Å²) in [5, 5.41) is 8.30. The van der Waals surface area contributed by atoms with E-state index in [1.807, 2.05) is 66.7 Å². The summed E-state index contributed by atoms with van der Waals surface area (Å²) in [7, 11) is 1.61. The molecule has 1 aromatic heterocycles. The molecule has 0 atom stereocenters.